The fourth-order valence-electron chi connectivity index (χ4n) is 2.58. The first-order chi connectivity index (χ1) is 11.5. The number of nitrogens with zero attached hydrogens (tertiary/aromatic N) is 2. The van der Waals surface area contributed by atoms with E-state index in [1.807, 2.05) is 6.07 Å². The lowest BCUT2D eigenvalue weighted by Gasteiger charge is -2.04. The second-order valence-corrected chi connectivity index (χ2v) is 9.19. The molecule has 2 aromatic heterocycles. The molecule has 0 aliphatic carbocycles. The fourth-order valence-corrected chi connectivity index (χ4v) is 5.52. The Kier molecular flexibility index (Phi) is 6.00. The summed E-state index contributed by atoms with van der Waals surface area (Å²) in [7, 11) is 0. The predicted octanol–water partition coefficient (Wildman–Crippen LogP) is 7.35. The molecule has 2 heterocycles. The zero-order chi connectivity index (χ0) is 17.3. The Hall–Kier alpha value is -0.440. The van der Waals surface area contributed by atoms with E-state index in [4.69, 9.17) is 0 Å². The van der Waals surface area contributed by atoms with Crippen LogP contribution < -0.4 is 0 Å². The van der Waals surface area contributed by atoms with Crippen molar-refractivity contribution in [1.29, 1.82) is 0 Å². The zero-order valence-electron chi connectivity index (χ0n) is 12.8. The van der Waals surface area contributed by atoms with Crippen LogP contribution in [0.2, 0.25) is 0 Å². The third-order valence-corrected chi connectivity index (χ3v) is 7.07. The van der Waals surface area contributed by atoms with E-state index in [1.165, 1.54) is 30.6 Å². The number of halogens is 4. The normalized spacial score (nSPS) is 11.5. The lowest BCUT2D eigenvalue weighted by Crippen LogP contribution is -1.93. The van der Waals surface area contributed by atoms with E-state index < -0.39 is 11.6 Å². The molecule has 0 unspecified atom stereocenters. The first-order valence-corrected chi connectivity index (χ1v) is 10.7. The Labute approximate surface area is 163 Å². The molecule has 0 saturated heterocycles. The van der Waals surface area contributed by atoms with Gasteiger partial charge in [-0.1, -0.05) is 26.2 Å². The maximum atomic E-state index is 14.6. The van der Waals surface area contributed by atoms with Gasteiger partial charge in [0.25, 0.3) is 0 Å². The molecule has 0 bridgehead atoms. The van der Waals surface area contributed by atoms with Crippen LogP contribution in [0.4, 0.5) is 8.78 Å². The molecule has 0 saturated carbocycles. The number of unbranched alkanes of at least 4 members (excludes halogenated alkanes) is 3. The fraction of sp³-hybridized carbons (Fsp3) is 0.375. The molecule has 0 spiro atoms. The van der Waals surface area contributed by atoms with Gasteiger partial charge in [-0.15, -0.1) is 11.3 Å². The van der Waals surface area contributed by atoms with Gasteiger partial charge in [-0.2, -0.15) is 8.75 Å². The first kappa shape index (κ1) is 18.4. The van der Waals surface area contributed by atoms with E-state index >= 15 is 0 Å². The van der Waals surface area contributed by atoms with Crippen LogP contribution >= 0.6 is 54.9 Å². The van der Waals surface area contributed by atoms with Gasteiger partial charge in [-0.25, -0.2) is 8.78 Å². The lowest BCUT2D eigenvalue weighted by molar-refractivity contribution is 0.509. The van der Waals surface area contributed by atoms with Gasteiger partial charge < -0.3 is 0 Å². The molecule has 0 aliphatic heterocycles. The van der Waals surface area contributed by atoms with Crippen LogP contribution in [0.3, 0.4) is 0 Å². The maximum absolute atomic E-state index is 14.6. The third-order valence-electron chi connectivity index (χ3n) is 3.84. The zero-order valence-corrected chi connectivity index (χ0v) is 17.6. The van der Waals surface area contributed by atoms with Crippen molar-refractivity contribution in [1.82, 2.24) is 8.75 Å². The maximum Gasteiger partial charge on any atom is 0.176 e. The molecule has 3 aromatic rings. The summed E-state index contributed by atoms with van der Waals surface area (Å²) in [6.07, 6.45) is 5.60. The summed E-state index contributed by atoms with van der Waals surface area (Å²) in [5, 5.41) is 0. The summed E-state index contributed by atoms with van der Waals surface area (Å²) in [6, 6.07) is 1.94. The van der Waals surface area contributed by atoms with E-state index in [1.54, 1.807) is 0 Å². The molecule has 0 N–H and O–H groups in total. The Balaban J connectivity index is 2.01. The van der Waals surface area contributed by atoms with E-state index in [9.17, 15) is 8.78 Å². The van der Waals surface area contributed by atoms with Gasteiger partial charge in [0.1, 0.15) is 11.0 Å². The molecular formula is C16H14Br2F2N2S2. The Bertz CT molecular complexity index is 877. The Morgan fingerprint density at radius 1 is 1.04 bits per heavy atom. The largest absolute Gasteiger partial charge is 0.203 e. The lowest BCUT2D eigenvalue weighted by atomic mass is 10.1. The monoisotopic (exact) mass is 494 g/mol. The van der Waals surface area contributed by atoms with Crippen LogP contribution in [0.25, 0.3) is 21.5 Å². The molecule has 1 aromatic carbocycles. The van der Waals surface area contributed by atoms with E-state index in [-0.39, 0.29) is 10.0 Å². The van der Waals surface area contributed by atoms with Crippen molar-refractivity contribution in [2.45, 2.75) is 39.0 Å². The van der Waals surface area contributed by atoms with Gasteiger partial charge >= 0.3 is 0 Å². The van der Waals surface area contributed by atoms with Crippen LogP contribution in [-0.4, -0.2) is 8.75 Å². The number of hydrogen-bond acceptors (Lipinski definition) is 4. The number of aromatic nitrogens is 2. The highest BCUT2D eigenvalue weighted by atomic mass is 79.9. The predicted molar refractivity (Wildman–Crippen MR) is 104 cm³/mol. The number of benzene rings is 1. The molecule has 8 heteroatoms. The number of rotatable bonds is 6. The van der Waals surface area contributed by atoms with Gasteiger partial charge in [-0.05, 0) is 56.3 Å². The summed E-state index contributed by atoms with van der Waals surface area (Å²) in [4.78, 5) is 0.675. The van der Waals surface area contributed by atoms with E-state index in [2.05, 4.69) is 47.5 Å². The Morgan fingerprint density at radius 2 is 1.79 bits per heavy atom. The molecule has 0 atom stereocenters. The highest BCUT2D eigenvalue weighted by Gasteiger charge is 2.24. The van der Waals surface area contributed by atoms with Crippen molar-refractivity contribution < 1.29 is 8.78 Å². The van der Waals surface area contributed by atoms with Gasteiger partial charge in [0.2, 0.25) is 0 Å². The second-order valence-electron chi connectivity index (χ2n) is 5.50. The molecule has 24 heavy (non-hydrogen) atoms. The molecule has 0 aliphatic rings. The number of fused-ring (bicyclic) bond motifs is 1. The third kappa shape index (κ3) is 3.43. The summed E-state index contributed by atoms with van der Waals surface area (Å²) in [6.45, 7) is 2.18. The second kappa shape index (κ2) is 7.85. The van der Waals surface area contributed by atoms with Crippen molar-refractivity contribution in [3.05, 3.63) is 31.5 Å². The quantitative estimate of drug-likeness (QED) is 0.264. The van der Waals surface area contributed by atoms with Crippen LogP contribution in [0, 0.1) is 11.6 Å². The minimum absolute atomic E-state index is 0.0305. The highest BCUT2D eigenvalue weighted by molar-refractivity contribution is 9.11. The molecular weight excluding hydrogens is 482 g/mol. The smallest absolute Gasteiger partial charge is 0.176 e. The van der Waals surface area contributed by atoms with Gasteiger partial charge in [-0.3, -0.25) is 0 Å². The van der Waals surface area contributed by atoms with Crippen LogP contribution in [0.5, 0.6) is 0 Å². The van der Waals surface area contributed by atoms with Gasteiger partial charge in [0.05, 0.1) is 25.6 Å². The van der Waals surface area contributed by atoms with Crippen molar-refractivity contribution in [2.75, 3.05) is 0 Å². The summed E-state index contributed by atoms with van der Waals surface area (Å²) >= 11 is 8.99. The van der Waals surface area contributed by atoms with Gasteiger partial charge in [0.15, 0.2) is 11.6 Å². The molecule has 0 radical (unpaired) electrons. The standard InChI is InChI=1S/C16H14Br2F2N2S2/c1-2-3-4-5-6-8-7-9(23-16(8)18)10-12(19)13(20)11(17)15-14(10)21-24-22-15/h7H,2-6H2,1H3. The molecule has 0 amide bonds. The number of thiophene rings is 1. The van der Waals surface area contributed by atoms with E-state index in [0.29, 0.717) is 15.9 Å². The topological polar surface area (TPSA) is 25.8 Å². The van der Waals surface area contributed by atoms with Crippen LogP contribution in [0.15, 0.2) is 14.3 Å². The van der Waals surface area contributed by atoms with Gasteiger partial charge in [0, 0.05) is 4.88 Å². The molecule has 3 rings (SSSR count). The van der Waals surface area contributed by atoms with Crippen molar-refractivity contribution in [3.63, 3.8) is 0 Å². The average Bonchev–Trinajstić information content (AvgIpc) is 3.17. The van der Waals surface area contributed by atoms with Crippen molar-refractivity contribution >= 4 is 66.0 Å². The minimum Gasteiger partial charge on any atom is -0.203 e. The summed E-state index contributed by atoms with van der Waals surface area (Å²) < 4.78 is 38.0. The summed E-state index contributed by atoms with van der Waals surface area (Å²) in [5.74, 6) is -1.80. The SMILES string of the molecule is CCCCCCc1cc(-c2c(F)c(F)c(Br)c3nsnc23)sc1Br. The first-order valence-electron chi connectivity index (χ1n) is 7.61. The Morgan fingerprint density at radius 3 is 2.54 bits per heavy atom. The van der Waals surface area contributed by atoms with Crippen molar-refractivity contribution in [2.24, 2.45) is 0 Å². The van der Waals surface area contributed by atoms with E-state index in [0.717, 1.165) is 33.9 Å². The minimum atomic E-state index is -0.917. The summed E-state index contributed by atoms with van der Waals surface area (Å²) in [5.41, 5.74) is 2.09. The highest BCUT2D eigenvalue weighted by Crippen LogP contribution is 2.42. The number of aryl methyl sites for hydroxylation is 1. The molecule has 128 valence electrons. The molecule has 2 nitrogen and oxygen atoms in total. The van der Waals surface area contributed by atoms with Crippen molar-refractivity contribution in [3.8, 4) is 10.4 Å². The molecule has 0 fully saturated rings. The number of hydrogen-bond donors (Lipinski definition) is 0. The average molecular weight is 496 g/mol. The van der Waals surface area contributed by atoms with Crippen LogP contribution in [-0.2, 0) is 6.42 Å². The van der Waals surface area contributed by atoms with Crippen LogP contribution in [0.1, 0.15) is 38.2 Å².